The van der Waals surface area contributed by atoms with Crippen LogP contribution in [0.2, 0.25) is 0 Å². The van der Waals surface area contributed by atoms with Crippen LogP contribution < -0.4 is 11.1 Å². The Morgan fingerprint density at radius 3 is 2.50 bits per heavy atom. The summed E-state index contributed by atoms with van der Waals surface area (Å²) in [6, 6.07) is 14.0. The van der Waals surface area contributed by atoms with Crippen molar-refractivity contribution in [3.63, 3.8) is 0 Å². The van der Waals surface area contributed by atoms with E-state index in [1.54, 1.807) is 48.5 Å². The molecule has 1 amide bonds. The summed E-state index contributed by atoms with van der Waals surface area (Å²) in [6.45, 7) is 1.88. The zero-order chi connectivity index (χ0) is 23.0. The van der Waals surface area contributed by atoms with Gasteiger partial charge in [-0.05, 0) is 54.2 Å². The zero-order valence-electron chi connectivity index (χ0n) is 17.9. The molecule has 1 fully saturated rings. The molecule has 0 aromatic heterocycles. The second-order valence-corrected chi connectivity index (χ2v) is 10.2. The number of nitrogens with zero attached hydrogens (tertiary/aromatic N) is 1. The minimum atomic E-state index is -3.35. The third-order valence-corrected chi connectivity index (χ3v) is 7.22. The van der Waals surface area contributed by atoms with Crippen LogP contribution in [0.5, 0.6) is 0 Å². The number of amides is 1. The molecule has 0 unspecified atom stereocenters. The van der Waals surface area contributed by atoms with E-state index in [1.165, 1.54) is 6.26 Å². The van der Waals surface area contributed by atoms with Crippen LogP contribution in [0.15, 0.2) is 81.5 Å². The van der Waals surface area contributed by atoms with Crippen LogP contribution in [0.1, 0.15) is 19.8 Å². The molecule has 0 bridgehead atoms. The van der Waals surface area contributed by atoms with Gasteiger partial charge >= 0.3 is 0 Å². The molecular weight excluding hydrogens is 426 g/mol. The fourth-order valence-electron chi connectivity index (χ4n) is 4.19. The molecule has 2 aromatic rings. The first-order valence-corrected chi connectivity index (χ1v) is 12.2. The van der Waals surface area contributed by atoms with Crippen molar-refractivity contribution < 1.29 is 18.4 Å². The number of allylic oxidation sites excluding steroid dienone is 4. The van der Waals surface area contributed by atoms with Gasteiger partial charge in [0.2, 0.25) is 5.91 Å². The van der Waals surface area contributed by atoms with Crippen LogP contribution in [-0.2, 0) is 14.6 Å². The molecular formula is C24H25N3O4S. The molecule has 0 heterocycles. The Morgan fingerprint density at radius 1 is 1.16 bits per heavy atom. The summed E-state index contributed by atoms with van der Waals surface area (Å²) in [5.74, 6) is -0.0925. The molecule has 4 rings (SSSR count). The van der Waals surface area contributed by atoms with Crippen molar-refractivity contribution in [1.29, 1.82) is 0 Å². The van der Waals surface area contributed by atoms with E-state index >= 15 is 0 Å². The highest BCUT2D eigenvalue weighted by Crippen LogP contribution is 2.48. The quantitative estimate of drug-likeness (QED) is 0.472. The Labute approximate surface area is 187 Å². The molecule has 1 saturated carbocycles. The van der Waals surface area contributed by atoms with Gasteiger partial charge in [-0.25, -0.2) is 8.42 Å². The van der Waals surface area contributed by atoms with Crippen molar-refractivity contribution in [2.45, 2.75) is 24.7 Å². The Bertz CT molecular complexity index is 1270. The van der Waals surface area contributed by atoms with Crippen LogP contribution in [0.4, 0.5) is 5.69 Å². The second kappa shape index (κ2) is 8.27. The Kier molecular flexibility index (Phi) is 5.64. The molecule has 2 atom stereocenters. The van der Waals surface area contributed by atoms with Crippen LogP contribution in [0, 0.1) is 11.8 Å². The Morgan fingerprint density at radius 2 is 1.84 bits per heavy atom. The van der Waals surface area contributed by atoms with Gasteiger partial charge < -0.3 is 16.3 Å². The molecule has 8 heteroatoms. The minimum Gasteiger partial charge on any atom is -0.411 e. The number of anilines is 1. The highest BCUT2D eigenvalue weighted by molar-refractivity contribution is 7.90. The zero-order valence-corrected chi connectivity index (χ0v) is 18.7. The molecule has 0 saturated heterocycles. The van der Waals surface area contributed by atoms with Gasteiger partial charge in [0.15, 0.2) is 9.84 Å². The number of carbonyl (C=O) groups excluding carboxylic acids is 1. The number of rotatable bonds is 5. The molecule has 0 aliphatic heterocycles. The third kappa shape index (κ3) is 4.18. The van der Waals surface area contributed by atoms with E-state index in [2.05, 4.69) is 10.5 Å². The van der Waals surface area contributed by atoms with Gasteiger partial charge in [0, 0.05) is 29.8 Å². The summed E-state index contributed by atoms with van der Waals surface area (Å²) in [7, 11) is -3.35. The smallest absolute Gasteiger partial charge is 0.228 e. The molecule has 166 valence electrons. The average Bonchev–Trinajstić information content (AvgIpc) is 3.56. The second-order valence-electron chi connectivity index (χ2n) is 8.23. The monoisotopic (exact) mass is 451 g/mol. The molecule has 32 heavy (non-hydrogen) atoms. The van der Waals surface area contributed by atoms with Crippen molar-refractivity contribution in [3.05, 3.63) is 71.5 Å². The molecule has 0 radical (unpaired) electrons. The Hall–Kier alpha value is -3.39. The first kappa shape index (κ1) is 21.8. The van der Waals surface area contributed by atoms with E-state index < -0.39 is 9.84 Å². The maximum absolute atomic E-state index is 12.7. The molecule has 4 N–H and O–H groups in total. The molecule has 2 aliphatic rings. The lowest BCUT2D eigenvalue weighted by Crippen LogP contribution is -2.20. The van der Waals surface area contributed by atoms with Crippen molar-refractivity contribution in [2.75, 3.05) is 11.6 Å². The number of oxime groups is 1. The van der Waals surface area contributed by atoms with Gasteiger partial charge in [0.25, 0.3) is 0 Å². The van der Waals surface area contributed by atoms with E-state index in [1.807, 2.05) is 13.0 Å². The van der Waals surface area contributed by atoms with E-state index in [4.69, 9.17) is 10.9 Å². The van der Waals surface area contributed by atoms with Gasteiger partial charge in [-0.1, -0.05) is 41.6 Å². The van der Waals surface area contributed by atoms with Gasteiger partial charge in [0.1, 0.15) is 5.71 Å². The molecule has 2 aromatic carbocycles. The first-order chi connectivity index (χ1) is 15.2. The molecule has 2 aliphatic carbocycles. The lowest BCUT2D eigenvalue weighted by Gasteiger charge is -2.17. The van der Waals surface area contributed by atoms with E-state index in [0.29, 0.717) is 29.1 Å². The first-order valence-electron chi connectivity index (χ1n) is 10.3. The number of nitrogens with one attached hydrogen (secondary N) is 1. The molecule has 0 spiro atoms. The lowest BCUT2D eigenvalue weighted by atomic mass is 9.91. The predicted molar refractivity (Wildman–Crippen MR) is 124 cm³/mol. The fraction of sp³-hybridized carbons (Fsp3) is 0.250. The summed E-state index contributed by atoms with van der Waals surface area (Å²) in [4.78, 5) is 13.0. The minimum absolute atomic E-state index is 0.0619. The SMILES string of the molecule is CC1=C(N)C(=NO)CC=C1[C@H]1C[C@H]1C(=O)Nc1ccc(-c2ccccc2S(C)(=O)=O)cc1. The summed E-state index contributed by atoms with van der Waals surface area (Å²) in [5.41, 5.74) is 10.9. The van der Waals surface area contributed by atoms with E-state index in [-0.39, 0.29) is 22.6 Å². The Balaban J connectivity index is 1.45. The lowest BCUT2D eigenvalue weighted by molar-refractivity contribution is -0.117. The summed E-state index contributed by atoms with van der Waals surface area (Å²) < 4.78 is 24.1. The average molecular weight is 452 g/mol. The van der Waals surface area contributed by atoms with Crippen molar-refractivity contribution in [3.8, 4) is 11.1 Å². The van der Waals surface area contributed by atoms with Crippen LogP contribution in [-0.4, -0.2) is 31.5 Å². The van der Waals surface area contributed by atoms with E-state index in [0.717, 1.165) is 23.1 Å². The normalized spacial score (nSPS) is 21.9. The highest BCUT2D eigenvalue weighted by Gasteiger charge is 2.46. The topological polar surface area (TPSA) is 122 Å². The third-order valence-electron chi connectivity index (χ3n) is 6.06. The van der Waals surface area contributed by atoms with Crippen molar-refractivity contribution in [2.24, 2.45) is 22.7 Å². The summed E-state index contributed by atoms with van der Waals surface area (Å²) >= 11 is 0. The molecule has 7 nitrogen and oxygen atoms in total. The van der Waals surface area contributed by atoms with Gasteiger partial charge in [-0.3, -0.25) is 4.79 Å². The summed E-state index contributed by atoms with van der Waals surface area (Å²) in [6.07, 6.45) is 4.37. The van der Waals surface area contributed by atoms with Gasteiger partial charge in [-0.2, -0.15) is 0 Å². The largest absolute Gasteiger partial charge is 0.411 e. The fourth-order valence-corrected chi connectivity index (χ4v) is 5.10. The van der Waals surface area contributed by atoms with Gasteiger partial charge in [0.05, 0.1) is 10.6 Å². The number of hydrogen-bond donors (Lipinski definition) is 3. The van der Waals surface area contributed by atoms with E-state index in [9.17, 15) is 13.2 Å². The number of hydrogen-bond acceptors (Lipinski definition) is 6. The maximum Gasteiger partial charge on any atom is 0.228 e. The van der Waals surface area contributed by atoms with Crippen LogP contribution in [0.3, 0.4) is 0 Å². The highest BCUT2D eigenvalue weighted by atomic mass is 32.2. The standard InChI is InChI=1S/C24H25N3O4S/c1-14-17(11-12-21(27-29)23(14)25)19-13-20(19)24(28)26-16-9-7-15(8-10-16)18-5-3-4-6-22(18)32(2,30)31/h3-11,19-20,29H,12-13,25H2,1-2H3,(H,26,28)/t19-,20-/m1/s1. The predicted octanol–water partition coefficient (Wildman–Crippen LogP) is 3.72. The maximum atomic E-state index is 12.7. The van der Waals surface area contributed by atoms with Gasteiger partial charge in [-0.15, -0.1) is 0 Å². The number of benzene rings is 2. The van der Waals surface area contributed by atoms with Crippen molar-refractivity contribution in [1.82, 2.24) is 0 Å². The number of carbonyl (C=O) groups is 1. The van der Waals surface area contributed by atoms with Crippen molar-refractivity contribution >= 4 is 27.1 Å². The summed E-state index contributed by atoms with van der Waals surface area (Å²) in [5, 5.41) is 15.2. The van der Waals surface area contributed by atoms with Crippen LogP contribution in [0.25, 0.3) is 11.1 Å². The van der Waals surface area contributed by atoms with Crippen LogP contribution >= 0.6 is 0 Å². The number of nitrogens with two attached hydrogens (primary N) is 1. The number of sulfone groups is 1.